The van der Waals surface area contributed by atoms with E-state index in [2.05, 4.69) is 19.9 Å². The Bertz CT molecular complexity index is 534. The highest BCUT2D eigenvalue weighted by atomic mass is 19.4. The Morgan fingerprint density at radius 3 is 2.47 bits per heavy atom. The number of aryl methyl sites for hydroxylation is 1. The molecular weight excluding hydrogens is 259 g/mol. The number of hydrogen-bond donors (Lipinski definition) is 1. The minimum atomic E-state index is -4.68. The molecule has 0 aliphatic rings. The lowest BCUT2D eigenvalue weighted by atomic mass is 10.2. The molecule has 2 aromatic rings. The number of hydrogen-bond acceptors (Lipinski definition) is 3. The number of alkyl halides is 3. The van der Waals surface area contributed by atoms with Crippen molar-refractivity contribution in [1.29, 1.82) is 0 Å². The molecule has 0 aliphatic heterocycles. The molecule has 0 radical (unpaired) electrons. The van der Waals surface area contributed by atoms with Crippen molar-refractivity contribution in [3.63, 3.8) is 0 Å². The zero-order chi connectivity index (χ0) is 13.9. The van der Waals surface area contributed by atoms with Crippen LogP contribution >= 0.6 is 0 Å². The second-order valence-electron chi connectivity index (χ2n) is 3.93. The number of nitrogens with zero attached hydrogens (tertiary/aromatic N) is 2. The van der Waals surface area contributed by atoms with Crippen LogP contribution in [0.1, 0.15) is 19.2 Å². The smallest absolute Gasteiger partial charge is 0.406 e. The van der Waals surface area contributed by atoms with Crippen LogP contribution in [0.4, 0.5) is 13.2 Å². The van der Waals surface area contributed by atoms with Crippen molar-refractivity contribution in [2.45, 2.75) is 26.1 Å². The number of halogens is 3. The van der Waals surface area contributed by atoms with Gasteiger partial charge in [0.15, 0.2) is 5.82 Å². The van der Waals surface area contributed by atoms with Crippen LogP contribution in [0.2, 0.25) is 0 Å². The SMILES string of the molecule is CCCc1nc(-c2ccc(OC(F)(F)F)cc2)n[nH]1. The van der Waals surface area contributed by atoms with E-state index in [1.165, 1.54) is 24.3 Å². The van der Waals surface area contributed by atoms with Crippen molar-refractivity contribution in [2.75, 3.05) is 0 Å². The number of aromatic nitrogens is 3. The van der Waals surface area contributed by atoms with Gasteiger partial charge in [-0.15, -0.1) is 13.2 Å². The molecule has 0 amide bonds. The molecule has 0 aliphatic carbocycles. The molecule has 19 heavy (non-hydrogen) atoms. The molecule has 1 aromatic carbocycles. The zero-order valence-electron chi connectivity index (χ0n) is 10.2. The van der Waals surface area contributed by atoms with Crippen LogP contribution in [0, 0.1) is 0 Å². The Balaban J connectivity index is 2.13. The topological polar surface area (TPSA) is 50.8 Å². The Morgan fingerprint density at radius 1 is 1.21 bits per heavy atom. The highest BCUT2D eigenvalue weighted by Crippen LogP contribution is 2.25. The predicted molar refractivity (Wildman–Crippen MR) is 62.5 cm³/mol. The van der Waals surface area contributed by atoms with Gasteiger partial charge in [0.25, 0.3) is 0 Å². The third-order valence-corrected chi connectivity index (χ3v) is 2.36. The molecule has 4 nitrogen and oxygen atoms in total. The Morgan fingerprint density at radius 2 is 1.89 bits per heavy atom. The summed E-state index contributed by atoms with van der Waals surface area (Å²) in [6.45, 7) is 2.02. The van der Waals surface area contributed by atoms with Gasteiger partial charge in [-0.25, -0.2) is 4.98 Å². The molecule has 0 saturated carbocycles. The normalized spacial score (nSPS) is 11.6. The molecule has 0 atom stereocenters. The van der Waals surface area contributed by atoms with Crippen molar-refractivity contribution in [2.24, 2.45) is 0 Å². The summed E-state index contributed by atoms with van der Waals surface area (Å²) in [6.07, 6.45) is -2.96. The van der Waals surface area contributed by atoms with Crippen LogP contribution in [0.5, 0.6) is 5.75 Å². The molecule has 0 fully saturated rings. The van der Waals surface area contributed by atoms with Gasteiger partial charge in [-0.1, -0.05) is 6.92 Å². The van der Waals surface area contributed by atoms with E-state index < -0.39 is 6.36 Å². The third kappa shape index (κ3) is 3.70. The van der Waals surface area contributed by atoms with Gasteiger partial charge in [0.05, 0.1) is 0 Å². The largest absolute Gasteiger partial charge is 0.573 e. The fourth-order valence-corrected chi connectivity index (χ4v) is 1.58. The van der Waals surface area contributed by atoms with E-state index in [0.717, 1.165) is 18.7 Å². The van der Waals surface area contributed by atoms with Gasteiger partial charge in [-0.2, -0.15) is 5.10 Å². The Hall–Kier alpha value is -2.05. The molecule has 0 saturated heterocycles. The fourth-order valence-electron chi connectivity index (χ4n) is 1.58. The van der Waals surface area contributed by atoms with Crippen molar-refractivity contribution >= 4 is 0 Å². The standard InChI is InChI=1S/C12H12F3N3O/c1-2-3-10-16-11(18-17-10)8-4-6-9(7-5-8)19-12(13,14)15/h4-7H,2-3H2,1H3,(H,16,17,18). The first kappa shape index (κ1) is 13.4. The monoisotopic (exact) mass is 271 g/mol. The number of nitrogens with one attached hydrogen (secondary N) is 1. The summed E-state index contributed by atoms with van der Waals surface area (Å²) in [5.41, 5.74) is 0.633. The molecule has 1 aromatic heterocycles. The second kappa shape index (κ2) is 5.29. The summed E-state index contributed by atoms with van der Waals surface area (Å²) >= 11 is 0. The third-order valence-electron chi connectivity index (χ3n) is 2.36. The Kier molecular flexibility index (Phi) is 3.73. The van der Waals surface area contributed by atoms with E-state index in [0.29, 0.717) is 11.4 Å². The van der Waals surface area contributed by atoms with Crippen LogP contribution in [-0.4, -0.2) is 21.5 Å². The molecule has 102 valence electrons. The molecule has 1 heterocycles. The first-order valence-corrected chi connectivity index (χ1v) is 5.75. The van der Waals surface area contributed by atoms with Gasteiger partial charge < -0.3 is 4.74 Å². The minimum absolute atomic E-state index is 0.263. The highest BCUT2D eigenvalue weighted by Gasteiger charge is 2.30. The zero-order valence-corrected chi connectivity index (χ0v) is 10.2. The van der Waals surface area contributed by atoms with Crippen LogP contribution in [0.25, 0.3) is 11.4 Å². The van der Waals surface area contributed by atoms with Crippen molar-refractivity contribution in [3.8, 4) is 17.1 Å². The number of aromatic amines is 1. The lowest BCUT2D eigenvalue weighted by molar-refractivity contribution is -0.274. The first-order valence-electron chi connectivity index (χ1n) is 5.75. The van der Waals surface area contributed by atoms with Crippen LogP contribution < -0.4 is 4.74 Å². The van der Waals surface area contributed by atoms with E-state index >= 15 is 0 Å². The summed E-state index contributed by atoms with van der Waals surface area (Å²) < 4.78 is 39.8. The number of H-pyrrole nitrogens is 1. The molecule has 2 rings (SSSR count). The number of ether oxygens (including phenoxy) is 1. The number of rotatable bonds is 4. The molecule has 0 unspecified atom stereocenters. The van der Waals surface area contributed by atoms with E-state index in [1.54, 1.807) is 0 Å². The van der Waals surface area contributed by atoms with Gasteiger partial charge >= 0.3 is 6.36 Å². The van der Waals surface area contributed by atoms with Gasteiger partial charge in [0, 0.05) is 12.0 Å². The van der Waals surface area contributed by atoms with Crippen LogP contribution in [0.15, 0.2) is 24.3 Å². The molecule has 0 spiro atoms. The number of benzene rings is 1. The maximum Gasteiger partial charge on any atom is 0.573 e. The van der Waals surface area contributed by atoms with Crippen molar-refractivity contribution in [3.05, 3.63) is 30.1 Å². The average Bonchev–Trinajstić information content (AvgIpc) is 2.77. The summed E-state index contributed by atoms with van der Waals surface area (Å²) in [6, 6.07) is 5.44. The maximum atomic E-state index is 12.0. The van der Waals surface area contributed by atoms with Crippen molar-refractivity contribution < 1.29 is 17.9 Å². The van der Waals surface area contributed by atoms with Gasteiger partial charge in [-0.3, -0.25) is 5.10 Å². The minimum Gasteiger partial charge on any atom is -0.406 e. The Labute approximate surface area is 107 Å². The van der Waals surface area contributed by atoms with Crippen LogP contribution in [-0.2, 0) is 6.42 Å². The lowest BCUT2D eigenvalue weighted by Crippen LogP contribution is -2.16. The first-order chi connectivity index (χ1) is 8.98. The maximum absolute atomic E-state index is 12.0. The van der Waals surface area contributed by atoms with Gasteiger partial charge in [0.1, 0.15) is 11.6 Å². The summed E-state index contributed by atoms with van der Waals surface area (Å²) in [5, 5.41) is 6.80. The highest BCUT2D eigenvalue weighted by molar-refractivity contribution is 5.55. The summed E-state index contributed by atoms with van der Waals surface area (Å²) in [7, 11) is 0. The average molecular weight is 271 g/mol. The fraction of sp³-hybridized carbons (Fsp3) is 0.333. The van der Waals surface area contributed by atoms with Crippen molar-refractivity contribution in [1.82, 2.24) is 15.2 Å². The van der Waals surface area contributed by atoms with Crippen LogP contribution in [0.3, 0.4) is 0 Å². The molecule has 0 bridgehead atoms. The van der Waals surface area contributed by atoms with E-state index in [9.17, 15) is 13.2 Å². The summed E-state index contributed by atoms with van der Waals surface area (Å²) in [5.74, 6) is 0.954. The molecular formula is C12H12F3N3O. The van der Waals surface area contributed by atoms with Gasteiger partial charge in [-0.05, 0) is 30.7 Å². The van der Waals surface area contributed by atoms with E-state index in [-0.39, 0.29) is 5.75 Å². The second-order valence-corrected chi connectivity index (χ2v) is 3.93. The predicted octanol–water partition coefficient (Wildman–Crippen LogP) is 3.32. The van der Waals surface area contributed by atoms with E-state index in [1.807, 2.05) is 6.92 Å². The quantitative estimate of drug-likeness (QED) is 0.928. The summed E-state index contributed by atoms with van der Waals surface area (Å²) in [4.78, 5) is 4.24. The molecule has 1 N–H and O–H groups in total. The van der Waals surface area contributed by atoms with E-state index in [4.69, 9.17) is 0 Å². The van der Waals surface area contributed by atoms with Gasteiger partial charge in [0.2, 0.25) is 0 Å². The lowest BCUT2D eigenvalue weighted by Gasteiger charge is -2.08. The molecule has 7 heteroatoms.